The highest BCUT2D eigenvalue weighted by molar-refractivity contribution is 6.18. The van der Waals surface area contributed by atoms with Gasteiger partial charge in [0.2, 0.25) is 0 Å². The zero-order chi connectivity index (χ0) is 37.4. The van der Waals surface area contributed by atoms with Crippen LogP contribution in [0.15, 0.2) is 194 Å². The first-order valence-corrected chi connectivity index (χ1v) is 19.3. The second-order valence-corrected chi connectivity index (χ2v) is 15.3. The van der Waals surface area contributed by atoms with Crippen LogP contribution >= 0.6 is 0 Å². The lowest BCUT2D eigenvalue weighted by atomic mass is 9.82. The lowest BCUT2D eigenvalue weighted by Crippen LogP contribution is -2.16. The summed E-state index contributed by atoms with van der Waals surface area (Å²) in [6, 6.07) is 68.0. The zero-order valence-corrected chi connectivity index (χ0v) is 31.3. The molecule has 4 heteroatoms. The maximum atomic E-state index is 4.90. The van der Waals surface area contributed by atoms with Gasteiger partial charge in [0.05, 0.1) is 28.4 Å². The molecule has 10 aromatic rings. The highest BCUT2D eigenvalue weighted by atomic mass is 15.3. The van der Waals surface area contributed by atoms with Gasteiger partial charge in [-0.05, 0) is 112 Å². The van der Waals surface area contributed by atoms with E-state index in [1.165, 1.54) is 49.7 Å². The lowest BCUT2D eigenvalue weighted by molar-refractivity contribution is 0.660. The van der Waals surface area contributed by atoms with Gasteiger partial charge < -0.3 is 9.47 Å². The van der Waals surface area contributed by atoms with Crippen molar-refractivity contribution in [3.8, 4) is 33.6 Å². The number of fused-ring (bicyclic) bond motifs is 8. The van der Waals surface area contributed by atoms with E-state index in [4.69, 9.17) is 5.10 Å². The molecule has 2 aromatic heterocycles. The van der Waals surface area contributed by atoms with Crippen molar-refractivity contribution in [3.63, 3.8) is 0 Å². The lowest BCUT2D eigenvalue weighted by Gasteiger charge is -2.28. The summed E-state index contributed by atoms with van der Waals surface area (Å²) in [4.78, 5) is 2.39. The summed E-state index contributed by atoms with van der Waals surface area (Å²) >= 11 is 0. The summed E-state index contributed by atoms with van der Waals surface area (Å²) in [6.45, 7) is 4.70. The number of hydrogen-bond acceptors (Lipinski definition) is 2. The molecule has 0 unspecified atom stereocenters. The quantitative estimate of drug-likeness (QED) is 0.171. The van der Waals surface area contributed by atoms with Crippen LogP contribution in [0.25, 0.3) is 66.3 Å². The van der Waals surface area contributed by atoms with E-state index < -0.39 is 0 Å². The molecule has 0 radical (unpaired) electrons. The number of para-hydroxylation sites is 2. The van der Waals surface area contributed by atoms with Crippen molar-refractivity contribution in [2.75, 3.05) is 4.90 Å². The molecule has 4 nitrogen and oxygen atoms in total. The van der Waals surface area contributed by atoms with E-state index in [-0.39, 0.29) is 5.41 Å². The van der Waals surface area contributed by atoms with Gasteiger partial charge in [0, 0.05) is 44.3 Å². The molecule has 1 aliphatic carbocycles. The van der Waals surface area contributed by atoms with Gasteiger partial charge in [-0.15, -0.1) is 0 Å². The highest BCUT2D eigenvalue weighted by Crippen LogP contribution is 2.50. The van der Waals surface area contributed by atoms with Crippen LogP contribution in [-0.2, 0) is 5.41 Å². The van der Waals surface area contributed by atoms with Crippen LogP contribution in [0.1, 0.15) is 25.0 Å². The molecule has 8 aromatic carbocycles. The van der Waals surface area contributed by atoms with Crippen LogP contribution in [-0.4, -0.2) is 14.3 Å². The van der Waals surface area contributed by atoms with Gasteiger partial charge in [0.1, 0.15) is 0 Å². The Morgan fingerprint density at radius 1 is 0.446 bits per heavy atom. The van der Waals surface area contributed by atoms with Gasteiger partial charge >= 0.3 is 0 Å². The topological polar surface area (TPSA) is 26.0 Å². The van der Waals surface area contributed by atoms with Crippen molar-refractivity contribution in [2.24, 2.45) is 0 Å². The van der Waals surface area contributed by atoms with Crippen LogP contribution in [0.4, 0.5) is 17.1 Å². The molecule has 56 heavy (non-hydrogen) atoms. The van der Waals surface area contributed by atoms with Gasteiger partial charge in [0.25, 0.3) is 0 Å². The standard InChI is InChI=1S/C52H38N4/c1-52(2)47-19-11-9-17-42(47)43-30-29-41(33-48(43)52)54(37-23-21-36(22-24-37)35-13-5-3-6-14-35)38-25-27-39(28-26-38)55-49-20-12-10-18-44(49)45-31-32-50-46(51(45)55)34-53-56(50)40-15-7-4-8-16-40/h3-34H,1-2H3. The van der Waals surface area contributed by atoms with Gasteiger partial charge in [0.15, 0.2) is 0 Å². The first-order chi connectivity index (χ1) is 27.5. The molecule has 1 aliphatic rings. The summed E-state index contributed by atoms with van der Waals surface area (Å²) < 4.78 is 4.44. The normalized spacial score (nSPS) is 13.0. The summed E-state index contributed by atoms with van der Waals surface area (Å²) in [5.74, 6) is 0. The number of rotatable bonds is 6. The molecule has 0 N–H and O–H groups in total. The Morgan fingerprint density at radius 2 is 1.07 bits per heavy atom. The van der Waals surface area contributed by atoms with Gasteiger partial charge in [-0.3, -0.25) is 0 Å². The van der Waals surface area contributed by atoms with E-state index in [0.29, 0.717) is 0 Å². The molecule has 0 aliphatic heterocycles. The van der Waals surface area contributed by atoms with Crippen molar-refractivity contribution >= 4 is 49.8 Å². The smallest absolute Gasteiger partial charge is 0.0762 e. The Hall–Kier alpha value is -7.17. The zero-order valence-electron chi connectivity index (χ0n) is 31.3. The highest BCUT2D eigenvalue weighted by Gasteiger charge is 2.35. The maximum absolute atomic E-state index is 4.90. The van der Waals surface area contributed by atoms with E-state index in [1.807, 2.05) is 16.9 Å². The third-order valence-electron chi connectivity index (χ3n) is 11.8. The van der Waals surface area contributed by atoms with Crippen LogP contribution < -0.4 is 4.90 Å². The molecule has 0 fully saturated rings. The van der Waals surface area contributed by atoms with Crippen LogP contribution in [0, 0.1) is 0 Å². The predicted molar refractivity (Wildman–Crippen MR) is 233 cm³/mol. The molecule has 266 valence electrons. The van der Waals surface area contributed by atoms with Crippen molar-refractivity contribution < 1.29 is 0 Å². The van der Waals surface area contributed by atoms with Gasteiger partial charge in [-0.2, -0.15) is 5.10 Å². The maximum Gasteiger partial charge on any atom is 0.0762 e. The minimum absolute atomic E-state index is 0.106. The third kappa shape index (κ3) is 4.89. The molecule has 0 spiro atoms. The van der Waals surface area contributed by atoms with Gasteiger partial charge in [-0.25, -0.2) is 4.68 Å². The average molecular weight is 719 g/mol. The molecule has 0 bridgehead atoms. The number of hydrogen-bond donors (Lipinski definition) is 0. The molecule has 0 saturated carbocycles. The fourth-order valence-electron chi connectivity index (χ4n) is 9.07. The van der Waals surface area contributed by atoms with Crippen molar-refractivity contribution in [1.29, 1.82) is 0 Å². The fourth-order valence-corrected chi connectivity index (χ4v) is 9.07. The second kappa shape index (κ2) is 12.4. The number of nitrogens with zero attached hydrogens (tertiary/aromatic N) is 4. The molecular weight excluding hydrogens is 681 g/mol. The first-order valence-electron chi connectivity index (χ1n) is 19.3. The Bertz CT molecular complexity index is 3080. The summed E-state index contributed by atoms with van der Waals surface area (Å²) in [5, 5.41) is 8.45. The van der Waals surface area contributed by atoms with Crippen LogP contribution in [0.3, 0.4) is 0 Å². The minimum atomic E-state index is -0.106. The number of aromatic nitrogens is 3. The van der Waals surface area contributed by atoms with E-state index in [9.17, 15) is 0 Å². The summed E-state index contributed by atoms with van der Waals surface area (Å²) in [5.41, 5.74) is 16.6. The minimum Gasteiger partial charge on any atom is -0.310 e. The van der Waals surface area contributed by atoms with Crippen molar-refractivity contribution in [3.05, 3.63) is 205 Å². The largest absolute Gasteiger partial charge is 0.310 e. The molecule has 0 amide bonds. The van der Waals surface area contributed by atoms with Gasteiger partial charge in [-0.1, -0.05) is 123 Å². The number of anilines is 3. The molecule has 11 rings (SSSR count). The molecule has 2 heterocycles. The SMILES string of the molecule is CC1(C)c2ccccc2-c2ccc(N(c3ccc(-c4ccccc4)cc3)c3ccc(-n4c5ccccc5c5ccc6c(cnn6-c6ccccc6)c54)cc3)cc21. The Morgan fingerprint density at radius 3 is 1.86 bits per heavy atom. The third-order valence-corrected chi connectivity index (χ3v) is 11.8. The Labute approximate surface area is 326 Å². The fraction of sp³-hybridized carbons (Fsp3) is 0.0577. The van der Waals surface area contributed by atoms with E-state index >= 15 is 0 Å². The van der Waals surface area contributed by atoms with E-state index in [1.54, 1.807) is 0 Å². The Kier molecular flexibility index (Phi) is 7.17. The molecule has 0 atom stereocenters. The first kappa shape index (κ1) is 32.3. The Balaban J connectivity index is 1.07. The van der Waals surface area contributed by atoms with E-state index in [2.05, 4.69) is 205 Å². The average Bonchev–Trinajstić information content (AvgIpc) is 3.91. The molecular formula is C52H38N4. The number of benzene rings is 8. The predicted octanol–water partition coefficient (Wildman–Crippen LogP) is 13.6. The second-order valence-electron chi connectivity index (χ2n) is 15.3. The van der Waals surface area contributed by atoms with Crippen molar-refractivity contribution in [2.45, 2.75) is 19.3 Å². The molecule has 0 saturated heterocycles. The van der Waals surface area contributed by atoms with Crippen LogP contribution in [0.2, 0.25) is 0 Å². The summed E-state index contributed by atoms with van der Waals surface area (Å²) in [7, 11) is 0. The summed E-state index contributed by atoms with van der Waals surface area (Å²) in [6.07, 6.45) is 2.02. The van der Waals surface area contributed by atoms with E-state index in [0.717, 1.165) is 44.9 Å². The monoisotopic (exact) mass is 718 g/mol. The van der Waals surface area contributed by atoms with Crippen LogP contribution in [0.5, 0.6) is 0 Å². The van der Waals surface area contributed by atoms with Crippen molar-refractivity contribution in [1.82, 2.24) is 14.3 Å².